The van der Waals surface area contributed by atoms with Gasteiger partial charge in [0.1, 0.15) is 0 Å². The van der Waals surface area contributed by atoms with Gasteiger partial charge in [-0.25, -0.2) is 13.2 Å². The molecule has 0 radical (unpaired) electrons. The predicted octanol–water partition coefficient (Wildman–Crippen LogP) is 1.20. The molecule has 25 heavy (non-hydrogen) atoms. The average Bonchev–Trinajstić information content (AvgIpc) is 2.95. The fourth-order valence-electron chi connectivity index (χ4n) is 2.82. The highest BCUT2D eigenvalue weighted by molar-refractivity contribution is 7.88. The number of aryl methyl sites for hydroxylation is 1. The molecule has 2 amide bonds. The molecule has 1 aliphatic heterocycles. The first-order valence-corrected chi connectivity index (χ1v) is 9.80. The second-order valence-corrected chi connectivity index (χ2v) is 7.97. The number of aromatic nitrogens is 2. The molecule has 1 aliphatic rings. The molecule has 1 fully saturated rings. The zero-order valence-electron chi connectivity index (χ0n) is 14.2. The topological polar surface area (TPSA) is 87.5 Å². The molecule has 1 aromatic carbocycles. The van der Waals surface area contributed by atoms with E-state index in [-0.39, 0.29) is 6.03 Å². The Morgan fingerprint density at radius 1 is 1.12 bits per heavy atom. The van der Waals surface area contributed by atoms with Crippen LogP contribution in [-0.4, -0.2) is 65.9 Å². The van der Waals surface area contributed by atoms with Crippen LogP contribution >= 0.6 is 0 Å². The molecule has 3 rings (SSSR count). The minimum absolute atomic E-state index is 0.272. The summed E-state index contributed by atoms with van der Waals surface area (Å²) in [6.07, 6.45) is 1.18. The Morgan fingerprint density at radius 3 is 2.36 bits per heavy atom. The normalized spacial score (nSPS) is 16.0. The van der Waals surface area contributed by atoms with Gasteiger partial charge in [-0.05, 0) is 5.56 Å². The van der Waals surface area contributed by atoms with Crippen molar-refractivity contribution < 1.29 is 13.2 Å². The number of rotatable bonds is 3. The number of benzene rings is 1. The summed E-state index contributed by atoms with van der Waals surface area (Å²) in [5, 5.41) is 7.11. The van der Waals surface area contributed by atoms with E-state index >= 15 is 0 Å². The number of amides is 2. The lowest BCUT2D eigenvalue weighted by Gasteiger charge is -2.32. The summed E-state index contributed by atoms with van der Waals surface area (Å²) < 4.78 is 26.1. The van der Waals surface area contributed by atoms with Crippen molar-refractivity contribution in [3.63, 3.8) is 0 Å². The van der Waals surface area contributed by atoms with Gasteiger partial charge < -0.3 is 4.90 Å². The van der Waals surface area contributed by atoms with Crippen LogP contribution in [0.4, 0.5) is 10.6 Å². The molecular weight excluding hydrogens is 342 g/mol. The van der Waals surface area contributed by atoms with Crippen molar-refractivity contribution in [1.82, 2.24) is 19.0 Å². The van der Waals surface area contributed by atoms with E-state index in [0.717, 1.165) is 11.3 Å². The zero-order valence-corrected chi connectivity index (χ0v) is 15.0. The Kier molecular flexibility index (Phi) is 4.78. The van der Waals surface area contributed by atoms with Crippen LogP contribution in [0.15, 0.2) is 36.4 Å². The molecule has 2 heterocycles. The molecule has 0 saturated carbocycles. The van der Waals surface area contributed by atoms with Gasteiger partial charge in [0.15, 0.2) is 5.82 Å². The molecule has 0 spiro atoms. The summed E-state index contributed by atoms with van der Waals surface area (Å²) >= 11 is 0. The van der Waals surface area contributed by atoms with Crippen LogP contribution in [-0.2, 0) is 17.1 Å². The molecule has 2 aromatic rings. The largest absolute Gasteiger partial charge is 0.323 e. The van der Waals surface area contributed by atoms with Crippen molar-refractivity contribution >= 4 is 21.9 Å². The maximum Gasteiger partial charge on any atom is 0.323 e. The molecular formula is C16H21N5O3S. The van der Waals surface area contributed by atoms with Gasteiger partial charge in [0, 0.05) is 39.3 Å². The zero-order chi connectivity index (χ0) is 18.0. The first-order valence-electron chi connectivity index (χ1n) is 7.95. The van der Waals surface area contributed by atoms with E-state index in [2.05, 4.69) is 10.4 Å². The lowest BCUT2D eigenvalue weighted by atomic mass is 10.1. The van der Waals surface area contributed by atoms with Crippen LogP contribution in [0, 0.1) is 0 Å². The Balaban J connectivity index is 1.65. The second kappa shape index (κ2) is 6.85. The molecule has 1 saturated heterocycles. The van der Waals surface area contributed by atoms with Crippen LogP contribution < -0.4 is 5.32 Å². The SMILES string of the molecule is Cn1nc(NC(=O)N2CCN(S(C)(=O)=O)CC2)cc1-c1ccccc1. The lowest BCUT2D eigenvalue weighted by molar-refractivity contribution is 0.184. The van der Waals surface area contributed by atoms with Crippen LogP contribution in [0.2, 0.25) is 0 Å². The fraction of sp³-hybridized carbons (Fsp3) is 0.375. The molecule has 0 aliphatic carbocycles. The quantitative estimate of drug-likeness (QED) is 0.887. The van der Waals surface area contributed by atoms with E-state index in [4.69, 9.17) is 0 Å². The first-order chi connectivity index (χ1) is 11.8. The second-order valence-electron chi connectivity index (χ2n) is 5.98. The van der Waals surface area contributed by atoms with E-state index in [1.165, 1.54) is 10.6 Å². The summed E-state index contributed by atoms with van der Waals surface area (Å²) in [6, 6.07) is 11.3. The number of piperazine rings is 1. The van der Waals surface area contributed by atoms with Crippen molar-refractivity contribution in [3.05, 3.63) is 36.4 Å². The minimum atomic E-state index is -3.21. The van der Waals surface area contributed by atoms with Gasteiger partial charge in [0.25, 0.3) is 0 Å². The van der Waals surface area contributed by atoms with E-state index in [1.807, 2.05) is 43.4 Å². The smallest absolute Gasteiger partial charge is 0.322 e. The number of hydrogen-bond donors (Lipinski definition) is 1. The number of carbonyl (C=O) groups is 1. The van der Waals surface area contributed by atoms with E-state index in [1.54, 1.807) is 9.58 Å². The van der Waals surface area contributed by atoms with Crippen molar-refractivity contribution in [2.75, 3.05) is 37.8 Å². The molecule has 1 aromatic heterocycles. The average molecular weight is 363 g/mol. The summed E-state index contributed by atoms with van der Waals surface area (Å²) in [6.45, 7) is 1.34. The highest BCUT2D eigenvalue weighted by Gasteiger charge is 2.26. The number of nitrogens with one attached hydrogen (secondary N) is 1. The predicted molar refractivity (Wildman–Crippen MR) is 95.7 cm³/mol. The molecule has 134 valence electrons. The Morgan fingerprint density at radius 2 is 1.76 bits per heavy atom. The van der Waals surface area contributed by atoms with Gasteiger partial charge in [-0.1, -0.05) is 30.3 Å². The number of anilines is 1. The van der Waals surface area contributed by atoms with Crippen LogP contribution in [0.1, 0.15) is 0 Å². The minimum Gasteiger partial charge on any atom is -0.322 e. The third kappa shape index (κ3) is 3.99. The standard InChI is InChI=1S/C16H21N5O3S/c1-19-14(13-6-4-3-5-7-13)12-15(18-19)17-16(22)20-8-10-21(11-9-20)25(2,23)24/h3-7,12H,8-11H2,1-2H3,(H,17,18,22). The number of sulfonamides is 1. The molecule has 8 nitrogen and oxygen atoms in total. The van der Waals surface area contributed by atoms with E-state index in [9.17, 15) is 13.2 Å². The van der Waals surface area contributed by atoms with Crippen molar-refractivity contribution in [1.29, 1.82) is 0 Å². The van der Waals surface area contributed by atoms with Crippen LogP contribution in [0.25, 0.3) is 11.3 Å². The van der Waals surface area contributed by atoms with Crippen LogP contribution in [0.3, 0.4) is 0 Å². The van der Waals surface area contributed by atoms with Gasteiger partial charge in [-0.3, -0.25) is 10.00 Å². The third-order valence-corrected chi connectivity index (χ3v) is 5.48. The Bertz CT molecular complexity index is 855. The lowest BCUT2D eigenvalue weighted by Crippen LogP contribution is -2.51. The third-order valence-electron chi connectivity index (χ3n) is 4.18. The van der Waals surface area contributed by atoms with Crippen molar-refractivity contribution in [2.24, 2.45) is 7.05 Å². The summed E-state index contributed by atoms with van der Waals surface area (Å²) in [5.41, 5.74) is 1.91. The summed E-state index contributed by atoms with van der Waals surface area (Å²) in [4.78, 5) is 14.0. The van der Waals surface area contributed by atoms with Crippen molar-refractivity contribution in [3.8, 4) is 11.3 Å². The van der Waals surface area contributed by atoms with Crippen LogP contribution in [0.5, 0.6) is 0 Å². The summed E-state index contributed by atoms with van der Waals surface area (Å²) in [5.74, 6) is 0.469. The number of hydrogen-bond acceptors (Lipinski definition) is 4. The number of urea groups is 1. The first kappa shape index (κ1) is 17.4. The molecule has 0 bridgehead atoms. The Labute approximate surface area is 147 Å². The number of carbonyl (C=O) groups excluding carboxylic acids is 1. The van der Waals surface area contributed by atoms with E-state index < -0.39 is 10.0 Å². The monoisotopic (exact) mass is 363 g/mol. The van der Waals surface area contributed by atoms with Gasteiger partial charge in [0.05, 0.1) is 11.9 Å². The van der Waals surface area contributed by atoms with E-state index in [0.29, 0.717) is 32.0 Å². The highest BCUT2D eigenvalue weighted by atomic mass is 32.2. The van der Waals surface area contributed by atoms with Gasteiger partial charge in [-0.15, -0.1) is 0 Å². The van der Waals surface area contributed by atoms with Gasteiger partial charge >= 0.3 is 6.03 Å². The molecule has 0 unspecified atom stereocenters. The molecule has 1 N–H and O–H groups in total. The van der Waals surface area contributed by atoms with Crippen molar-refractivity contribution in [2.45, 2.75) is 0 Å². The Hall–Kier alpha value is -2.39. The van der Waals surface area contributed by atoms with Gasteiger partial charge in [0.2, 0.25) is 10.0 Å². The number of nitrogens with zero attached hydrogens (tertiary/aromatic N) is 4. The van der Waals surface area contributed by atoms with Gasteiger partial charge in [-0.2, -0.15) is 9.40 Å². The molecule has 9 heteroatoms. The summed E-state index contributed by atoms with van der Waals surface area (Å²) in [7, 11) is -1.39. The maximum absolute atomic E-state index is 12.4. The maximum atomic E-state index is 12.4. The molecule has 0 atom stereocenters. The highest BCUT2D eigenvalue weighted by Crippen LogP contribution is 2.21. The fourth-order valence-corrected chi connectivity index (χ4v) is 3.65.